The minimum Gasteiger partial charge on any atom is -0.457 e. The maximum absolute atomic E-state index is 13.0. The summed E-state index contributed by atoms with van der Waals surface area (Å²) in [4.78, 5) is 23.7. The molecule has 1 aromatic carbocycles. The van der Waals surface area contributed by atoms with Crippen LogP contribution in [0.4, 0.5) is 11.6 Å². The summed E-state index contributed by atoms with van der Waals surface area (Å²) in [6, 6.07) is 13.3. The summed E-state index contributed by atoms with van der Waals surface area (Å²) in [5.41, 5.74) is 2.11. The predicted octanol–water partition coefficient (Wildman–Crippen LogP) is 3.23. The molecule has 0 bridgehead atoms. The van der Waals surface area contributed by atoms with Crippen LogP contribution < -0.4 is 10.1 Å². The number of fused-ring (bicyclic) bond motifs is 2. The van der Waals surface area contributed by atoms with Crippen LogP contribution in [0, 0.1) is 17.2 Å². The Balaban J connectivity index is 1.32. The van der Waals surface area contributed by atoms with E-state index in [2.05, 4.69) is 31.4 Å². The highest BCUT2D eigenvalue weighted by atomic mass is 16.5. The van der Waals surface area contributed by atoms with E-state index in [1.807, 2.05) is 31.3 Å². The summed E-state index contributed by atoms with van der Waals surface area (Å²) in [6.45, 7) is 1.91. The molecule has 2 aliphatic heterocycles. The first-order chi connectivity index (χ1) is 15.6. The van der Waals surface area contributed by atoms with Crippen LogP contribution in [0.3, 0.4) is 0 Å². The van der Waals surface area contributed by atoms with Gasteiger partial charge in [0.1, 0.15) is 23.1 Å². The molecule has 0 saturated carbocycles. The highest BCUT2D eigenvalue weighted by molar-refractivity contribution is 6.10. The second-order valence-corrected chi connectivity index (χ2v) is 7.86. The van der Waals surface area contributed by atoms with Gasteiger partial charge in [0.05, 0.1) is 5.92 Å². The molecule has 3 aromatic rings. The van der Waals surface area contributed by atoms with Crippen LogP contribution in [0.25, 0.3) is 0 Å². The van der Waals surface area contributed by atoms with Crippen molar-refractivity contribution < 1.29 is 9.53 Å². The lowest BCUT2D eigenvalue weighted by molar-refractivity contribution is 0.0820. The Bertz CT molecular complexity index is 1230. The van der Waals surface area contributed by atoms with Gasteiger partial charge >= 0.3 is 0 Å². The maximum Gasteiger partial charge on any atom is 0.259 e. The fourth-order valence-corrected chi connectivity index (χ4v) is 3.92. The Labute approximate surface area is 185 Å². The first-order valence-corrected chi connectivity index (χ1v) is 10.4. The third kappa shape index (κ3) is 3.72. The van der Waals surface area contributed by atoms with Crippen molar-refractivity contribution in [2.75, 3.05) is 25.5 Å². The molecule has 0 aliphatic carbocycles. The predicted molar refractivity (Wildman–Crippen MR) is 118 cm³/mol. The fraction of sp³-hybridized carbons (Fsp3) is 0.261. The number of nitrogens with zero attached hydrogens (tertiary/aromatic N) is 6. The zero-order valence-electron chi connectivity index (χ0n) is 17.5. The molecule has 32 heavy (non-hydrogen) atoms. The van der Waals surface area contributed by atoms with Crippen LogP contribution in [-0.2, 0) is 6.54 Å². The number of rotatable bonds is 5. The lowest BCUT2D eigenvalue weighted by Gasteiger charge is -2.32. The molecule has 4 heterocycles. The minimum absolute atomic E-state index is 0.126. The van der Waals surface area contributed by atoms with E-state index in [-0.39, 0.29) is 11.8 Å². The van der Waals surface area contributed by atoms with E-state index >= 15 is 0 Å². The Morgan fingerprint density at radius 1 is 1.19 bits per heavy atom. The van der Waals surface area contributed by atoms with Crippen molar-refractivity contribution in [2.45, 2.75) is 13.0 Å². The zero-order chi connectivity index (χ0) is 22.1. The molecular formula is C23H21N7O2. The van der Waals surface area contributed by atoms with E-state index in [9.17, 15) is 10.1 Å². The average Bonchev–Trinajstić information content (AvgIpc) is 3.17. The van der Waals surface area contributed by atoms with Gasteiger partial charge in [-0.1, -0.05) is 12.1 Å². The van der Waals surface area contributed by atoms with Crippen molar-refractivity contribution in [3.05, 3.63) is 59.9 Å². The molecule has 2 aliphatic rings. The first-order valence-electron chi connectivity index (χ1n) is 10.4. The van der Waals surface area contributed by atoms with E-state index < -0.39 is 0 Å². The van der Waals surface area contributed by atoms with Gasteiger partial charge in [-0.05, 0) is 43.3 Å². The Morgan fingerprint density at radius 2 is 1.94 bits per heavy atom. The van der Waals surface area contributed by atoms with Gasteiger partial charge in [-0.2, -0.15) is 9.94 Å². The summed E-state index contributed by atoms with van der Waals surface area (Å²) in [5.74, 6) is 1.70. The zero-order valence-corrected chi connectivity index (χ0v) is 17.5. The van der Waals surface area contributed by atoms with Gasteiger partial charge < -0.3 is 15.0 Å². The van der Waals surface area contributed by atoms with Gasteiger partial charge in [-0.3, -0.25) is 9.78 Å². The van der Waals surface area contributed by atoms with Crippen molar-refractivity contribution in [1.29, 1.82) is 5.26 Å². The van der Waals surface area contributed by atoms with E-state index in [0.717, 1.165) is 24.2 Å². The third-order valence-corrected chi connectivity index (χ3v) is 5.64. The standard InChI is InChI=1S/C23H21N7O2/c1-29-11-8-20-19(14-29)23(31)30-22(27-20)18(12-24)21(28-30)26-13-15-2-4-16(5-3-15)32-17-6-9-25-10-7-17/h2-7,9-10,19H,8,11,13-14H2,1H3,(H,26,28). The number of likely N-dealkylation sites (tertiary alicyclic amines) is 1. The average molecular weight is 427 g/mol. The summed E-state index contributed by atoms with van der Waals surface area (Å²) < 4.78 is 7.06. The molecule has 1 unspecified atom stereocenters. The van der Waals surface area contributed by atoms with Crippen LogP contribution in [0.5, 0.6) is 11.5 Å². The number of nitriles is 1. The van der Waals surface area contributed by atoms with Gasteiger partial charge in [-0.15, -0.1) is 5.10 Å². The number of benzene rings is 1. The van der Waals surface area contributed by atoms with E-state index in [4.69, 9.17) is 4.74 Å². The summed E-state index contributed by atoms with van der Waals surface area (Å²) in [7, 11) is 1.99. The molecule has 0 radical (unpaired) electrons. The third-order valence-electron chi connectivity index (χ3n) is 5.64. The molecule has 1 atom stereocenters. The molecular weight excluding hydrogens is 406 g/mol. The summed E-state index contributed by atoms with van der Waals surface area (Å²) in [6.07, 6.45) is 4.07. The number of pyridine rings is 1. The molecule has 160 valence electrons. The highest BCUT2D eigenvalue weighted by Crippen LogP contribution is 2.33. The SMILES string of the molecule is CN1CCC2=Nc3c(C#N)c(NCc4ccc(Oc5ccncc5)cc4)nn3C(=O)C2C1. The normalized spacial score (nSPS) is 17.7. The molecule has 2 aromatic heterocycles. The second kappa shape index (κ2) is 8.24. The van der Waals surface area contributed by atoms with Crippen LogP contribution in [0.2, 0.25) is 0 Å². The quantitative estimate of drug-likeness (QED) is 0.666. The molecule has 0 spiro atoms. The maximum atomic E-state index is 13.0. The Hall–Kier alpha value is -4.03. The molecule has 9 heteroatoms. The number of hydrogen-bond acceptors (Lipinski definition) is 8. The van der Waals surface area contributed by atoms with Crippen molar-refractivity contribution in [1.82, 2.24) is 19.7 Å². The number of ether oxygens (including phenoxy) is 1. The van der Waals surface area contributed by atoms with Crippen molar-refractivity contribution in [3.63, 3.8) is 0 Å². The fourth-order valence-electron chi connectivity index (χ4n) is 3.92. The van der Waals surface area contributed by atoms with Gasteiger partial charge in [0.25, 0.3) is 5.91 Å². The molecule has 5 rings (SSSR count). The summed E-state index contributed by atoms with van der Waals surface area (Å²) >= 11 is 0. The van der Waals surface area contributed by atoms with Crippen LogP contribution in [-0.4, -0.2) is 51.4 Å². The van der Waals surface area contributed by atoms with Gasteiger partial charge in [0.2, 0.25) is 0 Å². The van der Waals surface area contributed by atoms with Crippen LogP contribution in [0.1, 0.15) is 22.3 Å². The van der Waals surface area contributed by atoms with E-state index in [1.54, 1.807) is 24.5 Å². The van der Waals surface area contributed by atoms with Gasteiger partial charge in [0, 0.05) is 37.7 Å². The number of carbonyl (C=O) groups is 1. The molecule has 9 nitrogen and oxygen atoms in total. The summed E-state index contributed by atoms with van der Waals surface area (Å²) in [5, 5.41) is 17.3. The topological polar surface area (TPSA) is 108 Å². The number of aromatic nitrogens is 3. The van der Waals surface area contributed by atoms with E-state index in [1.165, 1.54) is 4.68 Å². The monoisotopic (exact) mass is 427 g/mol. The van der Waals surface area contributed by atoms with Gasteiger partial charge in [-0.25, -0.2) is 4.99 Å². The Morgan fingerprint density at radius 3 is 2.69 bits per heavy atom. The largest absolute Gasteiger partial charge is 0.457 e. The number of hydrogen-bond donors (Lipinski definition) is 1. The lowest BCUT2D eigenvalue weighted by Crippen LogP contribution is -2.45. The van der Waals surface area contributed by atoms with E-state index in [0.29, 0.717) is 41.8 Å². The smallest absolute Gasteiger partial charge is 0.259 e. The second-order valence-electron chi connectivity index (χ2n) is 7.86. The first kappa shape index (κ1) is 19.9. The molecule has 0 amide bonds. The van der Waals surface area contributed by atoms with Crippen LogP contribution in [0.15, 0.2) is 53.8 Å². The number of anilines is 1. The van der Waals surface area contributed by atoms with Crippen molar-refractivity contribution in [2.24, 2.45) is 10.9 Å². The lowest BCUT2D eigenvalue weighted by atomic mass is 9.93. The molecule has 1 saturated heterocycles. The minimum atomic E-state index is -0.298. The number of piperidine rings is 1. The molecule has 1 fully saturated rings. The highest BCUT2D eigenvalue weighted by Gasteiger charge is 2.37. The number of carbonyl (C=O) groups excluding carboxylic acids is 1. The van der Waals surface area contributed by atoms with Crippen LogP contribution >= 0.6 is 0 Å². The Kier molecular flexibility index (Phi) is 5.13. The molecule has 1 N–H and O–H groups in total. The van der Waals surface area contributed by atoms with Crippen molar-refractivity contribution >= 4 is 23.3 Å². The van der Waals surface area contributed by atoms with Crippen molar-refractivity contribution in [3.8, 4) is 17.6 Å². The van der Waals surface area contributed by atoms with Gasteiger partial charge in [0.15, 0.2) is 11.6 Å². The number of nitrogens with one attached hydrogen (secondary N) is 1. The number of aliphatic imine (C=N–C) groups is 1.